The zero-order valence-corrected chi connectivity index (χ0v) is 11.3. The van der Waals surface area contributed by atoms with Gasteiger partial charge in [0.15, 0.2) is 0 Å². The van der Waals surface area contributed by atoms with Crippen LogP contribution in [0.1, 0.15) is 43.9 Å². The second-order valence-electron chi connectivity index (χ2n) is 4.27. The molecule has 2 N–H and O–H groups in total. The van der Waals surface area contributed by atoms with Crippen molar-refractivity contribution >= 4 is 15.9 Å². The lowest BCUT2D eigenvalue weighted by atomic mass is 9.91. The molecule has 0 spiro atoms. The van der Waals surface area contributed by atoms with E-state index in [1.807, 2.05) is 0 Å². The summed E-state index contributed by atoms with van der Waals surface area (Å²) in [6, 6.07) is 6.44. The molecule has 0 saturated carbocycles. The fraction of sp³-hybridized carbons (Fsp3) is 0.538. The first kappa shape index (κ1) is 12.7. The van der Waals surface area contributed by atoms with Crippen LogP contribution in [0.15, 0.2) is 22.7 Å². The topological polar surface area (TPSA) is 26.0 Å². The van der Waals surface area contributed by atoms with Gasteiger partial charge in [-0.1, -0.05) is 54.4 Å². The van der Waals surface area contributed by atoms with Crippen LogP contribution in [0.25, 0.3) is 0 Å². The number of aryl methyl sites for hydroxylation is 1. The minimum Gasteiger partial charge on any atom is -0.324 e. The third-order valence-corrected chi connectivity index (χ3v) is 4.02. The maximum absolute atomic E-state index is 6.26. The van der Waals surface area contributed by atoms with Gasteiger partial charge in [-0.05, 0) is 30.4 Å². The van der Waals surface area contributed by atoms with Crippen LogP contribution in [0.2, 0.25) is 0 Å². The molecule has 15 heavy (non-hydrogen) atoms. The van der Waals surface area contributed by atoms with Gasteiger partial charge in [-0.15, -0.1) is 0 Å². The van der Waals surface area contributed by atoms with Crippen molar-refractivity contribution in [1.29, 1.82) is 0 Å². The lowest BCUT2D eigenvalue weighted by molar-refractivity contribution is 0.432. The van der Waals surface area contributed by atoms with Gasteiger partial charge in [0.05, 0.1) is 0 Å². The Hall–Kier alpha value is -0.340. The summed E-state index contributed by atoms with van der Waals surface area (Å²) in [5.41, 5.74) is 8.75. The summed E-state index contributed by atoms with van der Waals surface area (Å²) in [7, 11) is 0. The Morgan fingerprint density at radius 2 is 2.07 bits per heavy atom. The normalized spacial score (nSPS) is 15.0. The fourth-order valence-corrected chi connectivity index (χ4v) is 2.40. The highest BCUT2D eigenvalue weighted by molar-refractivity contribution is 9.10. The van der Waals surface area contributed by atoms with Crippen molar-refractivity contribution in [3.63, 3.8) is 0 Å². The van der Waals surface area contributed by atoms with Gasteiger partial charge in [0, 0.05) is 10.5 Å². The summed E-state index contributed by atoms with van der Waals surface area (Å²) < 4.78 is 1.17. The van der Waals surface area contributed by atoms with Crippen LogP contribution in [0.3, 0.4) is 0 Å². The van der Waals surface area contributed by atoms with Crippen molar-refractivity contribution < 1.29 is 0 Å². The smallest absolute Gasteiger partial charge is 0.0332 e. The predicted molar refractivity (Wildman–Crippen MR) is 69.9 cm³/mol. The number of halogens is 1. The Balaban J connectivity index is 2.90. The molecule has 0 fully saturated rings. The van der Waals surface area contributed by atoms with Crippen LogP contribution < -0.4 is 5.73 Å². The van der Waals surface area contributed by atoms with Crippen molar-refractivity contribution in [3.05, 3.63) is 33.8 Å². The van der Waals surface area contributed by atoms with Crippen LogP contribution in [-0.2, 0) is 0 Å². The number of benzene rings is 1. The Labute approximate surface area is 101 Å². The van der Waals surface area contributed by atoms with Gasteiger partial charge in [-0.25, -0.2) is 0 Å². The molecule has 0 heterocycles. The zero-order valence-electron chi connectivity index (χ0n) is 9.76. The number of hydrogen-bond acceptors (Lipinski definition) is 1. The average Bonchev–Trinajstić information content (AvgIpc) is 2.21. The van der Waals surface area contributed by atoms with E-state index >= 15 is 0 Å². The van der Waals surface area contributed by atoms with Gasteiger partial charge in [-0.2, -0.15) is 0 Å². The second-order valence-corrected chi connectivity index (χ2v) is 5.06. The van der Waals surface area contributed by atoms with E-state index in [0.717, 1.165) is 0 Å². The summed E-state index contributed by atoms with van der Waals surface area (Å²) >= 11 is 3.62. The maximum Gasteiger partial charge on any atom is 0.0332 e. The molecule has 0 amide bonds. The van der Waals surface area contributed by atoms with E-state index in [1.54, 1.807) is 0 Å². The predicted octanol–water partition coefficient (Wildman–Crippen LogP) is 4.19. The Morgan fingerprint density at radius 1 is 1.40 bits per heavy atom. The molecule has 0 aliphatic rings. The maximum atomic E-state index is 6.26. The van der Waals surface area contributed by atoms with Crippen LogP contribution >= 0.6 is 15.9 Å². The molecular weight excluding hydrogens is 250 g/mol. The second kappa shape index (κ2) is 5.66. The Kier molecular flexibility index (Phi) is 4.81. The molecule has 1 aromatic carbocycles. The van der Waals surface area contributed by atoms with E-state index in [9.17, 15) is 0 Å². The fourth-order valence-electron chi connectivity index (χ4n) is 1.87. The van der Waals surface area contributed by atoms with Crippen LogP contribution in [-0.4, -0.2) is 0 Å². The first-order valence-electron chi connectivity index (χ1n) is 5.58. The van der Waals surface area contributed by atoms with Gasteiger partial charge in [0.25, 0.3) is 0 Å². The van der Waals surface area contributed by atoms with Crippen molar-refractivity contribution in [2.24, 2.45) is 11.7 Å². The third kappa shape index (κ3) is 3.05. The van der Waals surface area contributed by atoms with Crippen LogP contribution in [0, 0.1) is 12.8 Å². The number of hydrogen-bond donors (Lipinski definition) is 1. The summed E-state index contributed by atoms with van der Waals surface area (Å²) in [4.78, 5) is 0. The first-order chi connectivity index (χ1) is 7.07. The number of rotatable bonds is 4. The Morgan fingerprint density at radius 3 is 2.67 bits per heavy atom. The van der Waals surface area contributed by atoms with E-state index in [2.05, 4.69) is 54.9 Å². The zero-order chi connectivity index (χ0) is 11.4. The van der Waals surface area contributed by atoms with E-state index in [1.165, 1.54) is 28.4 Å². The van der Waals surface area contributed by atoms with Gasteiger partial charge in [0.1, 0.15) is 0 Å². The summed E-state index contributed by atoms with van der Waals surface area (Å²) in [6.45, 7) is 6.53. The van der Waals surface area contributed by atoms with E-state index in [0.29, 0.717) is 5.92 Å². The first-order valence-corrected chi connectivity index (χ1v) is 6.37. The van der Waals surface area contributed by atoms with Crippen LogP contribution in [0.5, 0.6) is 0 Å². The van der Waals surface area contributed by atoms with Gasteiger partial charge in [0.2, 0.25) is 0 Å². The molecule has 0 aliphatic carbocycles. The Bertz CT molecular complexity index is 322. The lowest BCUT2D eigenvalue weighted by Crippen LogP contribution is -2.19. The van der Waals surface area contributed by atoms with Gasteiger partial charge >= 0.3 is 0 Å². The molecule has 84 valence electrons. The largest absolute Gasteiger partial charge is 0.324 e. The minimum atomic E-state index is 0.138. The molecule has 2 unspecified atom stereocenters. The highest BCUT2D eigenvalue weighted by Gasteiger charge is 2.16. The molecule has 0 saturated heterocycles. The average molecular weight is 270 g/mol. The van der Waals surface area contributed by atoms with Gasteiger partial charge in [-0.3, -0.25) is 0 Å². The summed E-state index contributed by atoms with van der Waals surface area (Å²) in [5.74, 6) is 0.535. The summed E-state index contributed by atoms with van der Waals surface area (Å²) in [6.07, 6.45) is 2.37. The van der Waals surface area contributed by atoms with E-state index in [-0.39, 0.29) is 6.04 Å². The molecular formula is C13H20BrN. The van der Waals surface area contributed by atoms with Crippen molar-refractivity contribution in [3.8, 4) is 0 Å². The molecule has 0 aromatic heterocycles. The van der Waals surface area contributed by atoms with Crippen LogP contribution in [0.4, 0.5) is 0 Å². The van der Waals surface area contributed by atoms with Crippen molar-refractivity contribution in [2.45, 2.75) is 39.7 Å². The molecule has 0 radical (unpaired) electrons. The molecule has 2 atom stereocenters. The minimum absolute atomic E-state index is 0.138. The molecule has 1 nitrogen and oxygen atoms in total. The molecule has 2 heteroatoms. The van der Waals surface area contributed by atoms with Crippen molar-refractivity contribution in [1.82, 2.24) is 0 Å². The molecule has 0 aliphatic heterocycles. The molecule has 1 aromatic rings. The van der Waals surface area contributed by atoms with Crippen molar-refractivity contribution in [2.75, 3.05) is 0 Å². The lowest BCUT2D eigenvalue weighted by Gasteiger charge is -2.21. The monoisotopic (exact) mass is 269 g/mol. The third-order valence-electron chi connectivity index (χ3n) is 2.94. The summed E-state index contributed by atoms with van der Waals surface area (Å²) in [5, 5.41) is 0. The van der Waals surface area contributed by atoms with E-state index in [4.69, 9.17) is 5.73 Å². The molecule has 1 rings (SSSR count). The standard InChI is InChI=1S/C13H20BrN/c1-4-6-10(3)13(15)11-8-5-7-9(2)12(11)14/h5,7-8,10,13H,4,6,15H2,1-3H3. The highest BCUT2D eigenvalue weighted by Crippen LogP contribution is 2.30. The van der Waals surface area contributed by atoms with E-state index < -0.39 is 0 Å². The highest BCUT2D eigenvalue weighted by atomic mass is 79.9. The quantitative estimate of drug-likeness (QED) is 0.872. The molecule has 0 bridgehead atoms. The number of nitrogens with two attached hydrogens (primary N) is 1. The SMILES string of the molecule is CCCC(C)C(N)c1cccc(C)c1Br. The van der Waals surface area contributed by atoms with Gasteiger partial charge < -0.3 is 5.73 Å².